The number of aliphatic carboxylic acids is 1. The molecule has 66 valence electrons. The molecule has 2 unspecified atom stereocenters. The maximum atomic E-state index is 10.7. The SMILES string of the molecule is O=C(O)C1C2CC3(COC3)CC21. The Labute approximate surface area is 70.7 Å². The fraction of sp³-hybridized carbons (Fsp3) is 0.889. The number of carboxylic acid groups (broad SMARTS) is 1. The second kappa shape index (κ2) is 1.84. The Morgan fingerprint density at radius 3 is 2.25 bits per heavy atom. The van der Waals surface area contributed by atoms with Gasteiger partial charge in [-0.25, -0.2) is 0 Å². The largest absolute Gasteiger partial charge is 0.481 e. The highest BCUT2D eigenvalue weighted by atomic mass is 16.5. The van der Waals surface area contributed by atoms with E-state index in [-0.39, 0.29) is 5.92 Å². The number of rotatable bonds is 1. The number of ether oxygens (including phenoxy) is 1. The van der Waals surface area contributed by atoms with E-state index < -0.39 is 5.97 Å². The van der Waals surface area contributed by atoms with E-state index in [9.17, 15) is 4.79 Å². The lowest BCUT2D eigenvalue weighted by Crippen LogP contribution is -2.41. The Bertz CT molecular complexity index is 230. The Morgan fingerprint density at radius 2 is 1.92 bits per heavy atom. The molecule has 0 aromatic carbocycles. The van der Waals surface area contributed by atoms with Gasteiger partial charge in [0.2, 0.25) is 0 Å². The predicted molar refractivity (Wildman–Crippen MR) is 40.6 cm³/mol. The summed E-state index contributed by atoms with van der Waals surface area (Å²) in [6.45, 7) is 1.76. The molecule has 1 heterocycles. The quantitative estimate of drug-likeness (QED) is 0.628. The summed E-state index contributed by atoms with van der Waals surface area (Å²) in [7, 11) is 0. The van der Waals surface area contributed by atoms with Crippen molar-refractivity contribution in [2.75, 3.05) is 13.2 Å². The second-order valence-electron chi connectivity index (χ2n) is 4.59. The Hall–Kier alpha value is -0.570. The van der Waals surface area contributed by atoms with Gasteiger partial charge in [0, 0.05) is 5.41 Å². The lowest BCUT2D eigenvalue weighted by Gasteiger charge is -2.39. The molecule has 0 amide bonds. The van der Waals surface area contributed by atoms with Crippen LogP contribution in [0, 0.1) is 23.2 Å². The summed E-state index contributed by atoms with van der Waals surface area (Å²) >= 11 is 0. The van der Waals surface area contributed by atoms with Crippen molar-refractivity contribution >= 4 is 5.97 Å². The first kappa shape index (κ1) is 6.89. The van der Waals surface area contributed by atoms with Crippen LogP contribution in [-0.4, -0.2) is 24.3 Å². The fourth-order valence-corrected chi connectivity index (χ4v) is 3.08. The molecule has 3 fully saturated rings. The average molecular weight is 168 g/mol. The highest BCUT2D eigenvalue weighted by Gasteiger charge is 2.66. The summed E-state index contributed by atoms with van der Waals surface area (Å²) in [6, 6.07) is 0. The molecule has 0 radical (unpaired) electrons. The number of carboxylic acids is 1. The van der Waals surface area contributed by atoms with Crippen molar-refractivity contribution in [1.82, 2.24) is 0 Å². The molecule has 1 N–H and O–H groups in total. The summed E-state index contributed by atoms with van der Waals surface area (Å²) in [6.07, 6.45) is 2.21. The maximum absolute atomic E-state index is 10.7. The van der Waals surface area contributed by atoms with Crippen LogP contribution in [-0.2, 0) is 9.53 Å². The Kier molecular flexibility index (Phi) is 1.06. The Morgan fingerprint density at radius 1 is 1.33 bits per heavy atom. The second-order valence-corrected chi connectivity index (χ2v) is 4.59. The van der Waals surface area contributed by atoms with Gasteiger partial charge in [-0.2, -0.15) is 0 Å². The average Bonchev–Trinajstić information content (AvgIpc) is 2.46. The Balaban J connectivity index is 1.69. The fourth-order valence-electron chi connectivity index (χ4n) is 3.08. The molecule has 3 nitrogen and oxygen atoms in total. The number of hydrogen-bond acceptors (Lipinski definition) is 2. The van der Waals surface area contributed by atoms with Crippen LogP contribution >= 0.6 is 0 Å². The van der Waals surface area contributed by atoms with Crippen molar-refractivity contribution in [3.63, 3.8) is 0 Å². The third-order valence-electron chi connectivity index (χ3n) is 3.77. The predicted octanol–water partition coefficient (Wildman–Crippen LogP) is 0.744. The van der Waals surface area contributed by atoms with E-state index in [1.54, 1.807) is 0 Å². The van der Waals surface area contributed by atoms with Gasteiger partial charge >= 0.3 is 5.97 Å². The molecule has 1 aliphatic heterocycles. The van der Waals surface area contributed by atoms with Gasteiger partial charge < -0.3 is 9.84 Å². The van der Waals surface area contributed by atoms with E-state index in [4.69, 9.17) is 9.84 Å². The molecular weight excluding hydrogens is 156 g/mol. The van der Waals surface area contributed by atoms with Crippen LogP contribution in [0.2, 0.25) is 0 Å². The summed E-state index contributed by atoms with van der Waals surface area (Å²) in [4.78, 5) is 10.7. The zero-order valence-electron chi connectivity index (χ0n) is 6.82. The maximum Gasteiger partial charge on any atom is 0.307 e. The lowest BCUT2D eigenvalue weighted by molar-refractivity contribution is -0.143. The summed E-state index contributed by atoms with van der Waals surface area (Å²) < 4.78 is 5.18. The van der Waals surface area contributed by atoms with E-state index in [1.807, 2.05) is 0 Å². The normalized spacial score (nSPS) is 46.8. The molecule has 1 saturated heterocycles. The molecule has 12 heavy (non-hydrogen) atoms. The van der Waals surface area contributed by atoms with E-state index in [2.05, 4.69) is 0 Å². The summed E-state index contributed by atoms with van der Waals surface area (Å²) in [5, 5.41) is 8.79. The van der Waals surface area contributed by atoms with E-state index in [0.717, 1.165) is 26.1 Å². The van der Waals surface area contributed by atoms with Crippen LogP contribution in [0.3, 0.4) is 0 Å². The first-order chi connectivity index (χ1) is 5.72. The van der Waals surface area contributed by atoms with Crippen molar-refractivity contribution < 1.29 is 14.6 Å². The third kappa shape index (κ3) is 0.678. The lowest BCUT2D eigenvalue weighted by atomic mass is 9.80. The molecule has 3 rings (SSSR count). The molecule has 0 bridgehead atoms. The van der Waals surface area contributed by atoms with Gasteiger partial charge in [-0.3, -0.25) is 4.79 Å². The van der Waals surface area contributed by atoms with Crippen LogP contribution in [0.25, 0.3) is 0 Å². The third-order valence-corrected chi connectivity index (χ3v) is 3.77. The number of hydrogen-bond donors (Lipinski definition) is 1. The first-order valence-corrected chi connectivity index (χ1v) is 4.52. The first-order valence-electron chi connectivity index (χ1n) is 4.52. The molecule has 2 atom stereocenters. The molecule has 3 heteroatoms. The van der Waals surface area contributed by atoms with E-state index >= 15 is 0 Å². The zero-order chi connectivity index (χ0) is 8.34. The zero-order valence-corrected chi connectivity index (χ0v) is 6.82. The summed E-state index contributed by atoms with van der Waals surface area (Å²) in [5.74, 6) is 0.397. The van der Waals surface area contributed by atoms with Crippen LogP contribution in [0.4, 0.5) is 0 Å². The minimum atomic E-state index is -0.583. The molecule has 2 aliphatic carbocycles. The molecular formula is C9H12O3. The van der Waals surface area contributed by atoms with Gasteiger partial charge in [0.1, 0.15) is 0 Å². The number of fused-ring (bicyclic) bond motifs is 1. The highest BCUT2D eigenvalue weighted by Crippen LogP contribution is 2.65. The summed E-state index contributed by atoms with van der Waals surface area (Å²) in [5.41, 5.74) is 0.418. The van der Waals surface area contributed by atoms with Gasteiger partial charge in [-0.15, -0.1) is 0 Å². The van der Waals surface area contributed by atoms with Crippen molar-refractivity contribution in [2.24, 2.45) is 23.2 Å². The highest BCUT2D eigenvalue weighted by molar-refractivity contribution is 5.74. The topological polar surface area (TPSA) is 46.5 Å². The molecule has 2 saturated carbocycles. The minimum Gasteiger partial charge on any atom is -0.481 e. The van der Waals surface area contributed by atoms with Gasteiger partial charge in [0.15, 0.2) is 0 Å². The molecule has 0 aromatic heterocycles. The van der Waals surface area contributed by atoms with Crippen LogP contribution in [0.1, 0.15) is 12.8 Å². The van der Waals surface area contributed by atoms with Gasteiger partial charge in [-0.05, 0) is 24.7 Å². The van der Waals surface area contributed by atoms with Crippen molar-refractivity contribution in [3.05, 3.63) is 0 Å². The van der Waals surface area contributed by atoms with Crippen LogP contribution in [0.5, 0.6) is 0 Å². The number of carbonyl (C=O) groups is 1. The monoisotopic (exact) mass is 168 g/mol. The van der Waals surface area contributed by atoms with E-state index in [1.165, 1.54) is 0 Å². The van der Waals surface area contributed by atoms with Crippen LogP contribution < -0.4 is 0 Å². The smallest absolute Gasteiger partial charge is 0.307 e. The van der Waals surface area contributed by atoms with Crippen molar-refractivity contribution in [2.45, 2.75) is 12.8 Å². The van der Waals surface area contributed by atoms with Gasteiger partial charge in [0.05, 0.1) is 19.1 Å². The van der Waals surface area contributed by atoms with E-state index in [0.29, 0.717) is 17.3 Å². The van der Waals surface area contributed by atoms with Crippen molar-refractivity contribution in [1.29, 1.82) is 0 Å². The molecule has 0 aromatic rings. The molecule has 3 aliphatic rings. The van der Waals surface area contributed by atoms with Crippen molar-refractivity contribution in [3.8, 4) is 0 Å². The minimum absolute atomic E-state index is 0.00350. The van der Waals surface area contributed by atoms with Gasteiger partial charge in [0.25, 0.3) is 0 Å². The molecule has 1 spiro atoms. The van der Waals surface area contributed by atoms with Gasteiger partial charge in [-0.1, -0.05) is 0 Å². The van der Waals surface area contributed by atoms with Crippen LogP contribution in [0.15, 0.2) is 0 Å². The standard InChI is InChI=1S/C9H12O3/c10-8(11)7-5-1-9(2-6(5)7)3-12-4-9/h5-7H,1-4H2,(H,10,11).